The third kappa shape index (κ3) is 3.87. The van der Waals surface area contributed by atoms with Crippen LogP contribution in [-0.2, 0) is 0 Å². The van der Waals surface area contributed by atoms with E-state index in [0.29, 0.717) is 22.7 Å². The van der Waals surface area contributed by atoms with Crippen molar-refractivity contribution in [3.63, 3.8) is 0 Å². The summed E-state index contributed by atoms with van der Waals surface area (Å²) in [4.78, 5) is 25.8. The molecular formula is C20H14N4O6. The van der Waals surface area contributed by atoms with Crippen molar-refractivity contribution in [2.24, 2.45) is 4.99 Å². The number of para-hydroxylation sites is 1. The summed E-state index contributed by atoms with van der Waals surface area (Å²) in [6.07, 6.45) is 1.42. The van der Waals surface area contributed by atoms with Gasteiger partial charge < -0.3 is 14.8 Å². The van der Waals surface area contributed by atoms with Crippen LogP contribution in [0.4, 0.5) is 28.4 Å². The molecule has 1 aliphatic heterocycles. The summed E-state index contributed by atoms with van der Waals surface area (Å²) >= 11 is 0. The van der Waals surface area contributed by atoms with Gasteiger partial charge in [-0.3, -0.25) is 20.2 Å². The van der Waals surface area contributed by atoms with Crippen LogP contribution < -0.4 is 14.8 Å². The van der Waals surface area contributed by atoms with E-state index in [1.165, 1.54) is 12.3 Å². The second kappa shape index (κ2) is 7.87. The van der Waals surface area contributed by atoms with Crippen LogP contribution in [0, 0.1) is 20.2 Å². The zero-order chi connectivity index (χ0) is 21.1. The molecule has 10 nitrogen and oxygen atoms in total. The predicted molar refractivity (Wildman–Crippen MR) is 109 cm³/mol. The number of hydrogen-bond donors (Lipinski definition) is 1. The van der Waals surface area contributed by atoms with Crippen LogP contribution in [0.2, 0.25) is 0 Å². The molecule has 0 atom stereocenters. The van der Waals surface area contributed by atoms with Crippen molar-refractivity contribution in [3.05, 3.63) is 86.5 Å². The van der Waals surface area contributed by atoms with E-state index < -0.39 is 21.2 Å². The van der Waals surface area contributed by atoms with Crippen molar-refractivity contribution < 1.29 is 19.3 Å². The van der Waals surface area contributed by atoms with Crippen LogP contribution >= 0.6 is 0 Å². The minimum Gasteiger partial charge on any atom is -0.454 e. The molecule has 0 aromatic heterocycles. The topological polar surface area (TPSA) is 129 Å². The molecule has 0 saturated carbocycles. The number of benzene rings is 3. The lowest BCUT2D eigenvalue weighted by Gasteiger charge is -2.08. The Labute approximate surface area is 169 Å². The van der Waals surface area contributed by atoms with Gasteiger partial charge in [0.15, 0.2) is 11.5 Å². The molecule has 30 heavy (non-hydrogen) atoms. The highest BCUT2D eigenvalue weighted by Crippen LogP contribution is 2.39. The maximum atomic E-state index is 11.5. The van der Waals surface area contributed by atoms with E-state index in [2.05, 4.69) is 10.3 Å². The molecule has 0 fully saturated rings. The van der Waals surface area contributed by atoms with Gasteiger partial charge in [0, 0.05) is 18.0 Å². The summed E-state index contributed by atoms with van der Waals surface area (Å²) in [5, 5.41) is 25.9. The monoisotopic (exact) mass is 406 g/mol. The Hall–Kier alpha value is -4.47. The largest absolute Gasteiger partial charge is 0.454 e. The first-order valence-corrected chi connectivity index (χ1v) is 8.74. The summed E-state index contributed by atoms with van der Waals surface area (Å²) in [6.45, 7) is 0.123. The fourth-order valence-electron chi connectivity index (χ4n) is 2.88. The zero-order valence-electron chi connectivity index (χ0n) is 15.3. The van der Waals surface area contributed by atoms with Crippen LogP contribution in [0.3, 0.4) is 0 Å². The van der Waals surface area contributed by atoms with Gasteiger partial charge in [0.25, 0.3) is 5.69 Å². The van der Waals surface area contributed by atoms with Crippen LogP contribution in [0.1, 0.15) is 5.56 Å². The number of ether oxygens (including phenoxy) is 2. The van der Waals surface area contributed by atoms with Crippen molar-refractivity contribution >= 4 is 34.7 Å². The van der Waals surface area contributed by atoms with E-state index in [4.69, 9.17) is 9.47 Å². The number of nitro groups is 2. The maximum absolute atomic E-state index is 11.5. The molecule has 1 N–H and O–H groups in total. The molecule has 10 heteroatoms. The fraction of sp³-hybridized carbons (Fsp3) is 0.0500. The molecule has 0 bridgehead atoms. The lowest BCUT2D eigenvalue weighted by molar-refractivity contribution is -0.393. The van der Waals surface area contributed by atoms with Crippen molar-refractivity contribution in [1.82, 2.24) is 0 Å². The number of anilines is 2. The van der Waals surface area contributed by atoms with E-state index in [-0.39, 0.29) is 18.2 Å². The second-order valence-electron chi connectivity index (χ2n) is 6.23. The molecule has 3 aromatic carbocycles. The Morgan fingerprint density at radius 1 is 0.900 bits per heavy atom. The Bertz CT molecular complexity index is 1160. The van der Waals surface area contributed by atoms with Gasteiger partial charge in [-0.15, -0.1) is 0 Å². The first-order valence-electron chi connectivity index (χ1n) is 8.74. The van der Waals surface area contributed by atoms with Gasteiger partial charge in [0.1, 0.15) is 11.4 Å². The van der Waals surface area contributed by atoms with Gasteiger partial charge in [-0.25, -0.2) is 4.99 Å². The first kappa shape index (κ1) is 18.9. The number of nitrogens with one attached hydrogen (secondary N) is 1. The van der Waals surface area contributed by atoms with E-state index >= 15 is 0 Å². The average Bonchev–Trinajstić information content (AvgIpc) is 3.20. The molecule has 0 amide bonds. The normalized spacial score (nSPS) is 12.1. The van der Waals surface area contributed by atoms with Crippen LogP contribution in [-0.4, -0.2) is 22.9 Å². The molecule has 0 saturated heterocycles. The van der Waals surface area contributed by atoms with Crippen LogP contribution in [0.25, 0.3) is 0 Å². The zero-order valence-corrected chi connectivity index (χ0v) is 15.3. The molecule has 4 rings (SSSR count). The van der Waals surface area contributed by atoms with Crippen molar-refractivity contribution in [3.8, 4) is 11.5 Å². The molecule has 3 aromatic rings. The minimum absolute atomic E-state index is 0.0262. The summed E-state index contributed by atoms with van der Waals surface area (Å²) in [5.74, 6) is 1.14. The standard InChI is InChI=1S/C20H14N4O6/c25-23(26)17-10-18(24(27)28)16(22-14-4-2-1-3-5-14)9-15(17)21-11-13-6-7-19-20(8-13)30-12-29-19/h1-11,22H,12H2/b21-11+. The van der Waals surface area contributed by atoms with Gasteiger partial charge in [0.05, 0.1) is 15.9 Å². The van der Waals surface area contributed by atoms with E-state index in [0.717, 1.165) is 6.07 Å². The number of hydrogen-bond acceptors (Lipinski definition) is 8. The van der Waals surface area contributed by atoms with Gasteiger partial charge in [0.2, 0.25) is 6.79 Å². The lowest BCUT2D eigenvalue weighted by atomic mass is 10.2. The Kier molecular flexibility index (Phi) is 4.95. The highest BCUT2D eigenvalue weighted by atomic mass is 16.7. The smallest absolute Gasteiger partial charge is 0.301 e. The van der Waals surface area contributed by atoms with Gasteiger partial charge >= 0.3 is 5.69 Å². The van der Waals surface area contributed by atoms with Crippen LogP contribution in [0.15, 0.2) is 65.7 Å². The third-order valence-corrected chi connectivity index (χ3v) is 4.29. The Morgan fingerprint density at radius 3 is 2.37 bits per heavy atom. The van der Waals surface area contributed by atoms with Crippen molar-refractivity contribution in [2.45, 2.75) is 0 Å². The molecule has 1 heterocycles. The predicted octanol–water partition coefficient (Wildman–Crippen LogP) is 4.73. The number of rotatable bonds is 6. The number of aliphatic imine (C=N–C) groups is 1. The molecule has 0 unspecified atom stereocenters. The number of fused-ring (bicyclic) bond motifs is 1. The quantitative estimate of drug-likeness (QED) is 0.356. The number of nitrogens with zero attached hydrogens (tertiary/aromatic N) is 3. The van der Waals surface area contributed by atoms with Crippen LogP contribution in [0.5, 0.6) is 11.5 Å². The molecular weight excluding hydrogens is 392 g/mol. The molecule has 0 radical (unpaired) electrons. The molecule has 0 aliphatic carbocycles. The van der Waals surface area contributed by atoms with Gasteiger partial charge in [-0.1, -0.05) is 18.2 Å². The summed E-state index contributed by atoms with van der Waals surface area (Å²) in [6, 6.07) is 16.1. The van der Waals surface area contributed by atoms with Crippen molar-refractivity contribution in [1.29, 1.82) is 0 Å². The van der Waals surface area contributed by atoms with E-state index in [1.807, 2.05) is 0 Å². The first-order chi connectivity index (χ1) is 14.5. The SMILES string of the molecule is O=[N+]([O-])c1cc([N+](=O)[O-])c(Nc2ccccc2)cc1/N=C/c1ccc2c(c1)OCO2. The Balaban J connectivity index is 1.74. The Morgan fingerprint density at radius 2 is 1.63 bits per heavy atom. The molecule has 1 aliphatic rings. The summed E-state index contributed by atoms with van der Waals surface area (Å²) < 4.78 is 10.6. The molecule has 150 valence electrons. The van der Waals surface area contributed by atoms with E-state index in [1.54, 1.807) is 48.5 Å². The maximum Gasteiger partial charge on any atom is 0.301 e. The van der Waals surface area contributed by atoms with Gasteiger partial charge in [-0.05, 0) is 35.9 Å². The van der Waals surface area contributed by atoms with Crippen molar-refractivity contribution in [2.75, 3.05) is 12.1 Å². The summed E-state index contributed by atoms with van der Waals surface area (Å²) in [5.41, 5.74) is 0.394. The average molecular weight is 406 g/mol. The minimum atomic E-state index is -0.703. The highest BCUT2D eigenvalue weighted by molar-refractivity contribution is 5.86. The second-order valence-corrected chi connectivity index (χ2v) is 6.23. The van der Waals surface area contributed by atoms with E-state index in [9.17, 15) is 20.2 Å². The fourth-order valence-corrected chi connectivity index (χ4v) is 2.88. The molecule has 0 spiro atoms. The summed E-state index contributed by atoms with van der Waals surface area (Å²) in [7, 11) is 0. The highest BCUT2D eigenvalue weighted by Gasteiger charge is 2.24. The number of nitro benzene ring substituents is 2. The third-order valence-electron chi connectivity index (χ3n) is 4.29. The van der Waals surface area contributed by atoms with Gasteiger partial charge in [-0.2, -0.15) is 0 Å². The lowest BCUT2D eigenvalue weighted by Crippen LogP contribution is -1.99.